The molecule has 1 saturated heterocycles. The van der Waals surface area contributed by atoms with Crippen molar-refractivity contribution in [1.29, 1.82) is 0 Å². The van der Waals surface area contributed by atoms with Gasteiger partial charge in [-0.2, -0.15) is 8.78 Å². The maximum atomic E-state index is 13.6. The average Bonchev–Trinajstić information content (AvgIpc) is 3.02. The molecular weight excluding hydrogens is 669 g/mol. The number of sulfonamides is 1. The van der Waals surface area contributed by atoms with Crippen LogP contribution in [0.15, 0.2) is 82.8 Å². The van der Waals surface area contributed by atoms with E-state index in [0.717, 1.165) is 66.9 Å². The maximum absolute atomic E-state index is 13.6. The van der Waals surface area contributed by atoms with Gasteiger partial charge in [-0.25, -0.2) is 18.4 Å². The van der Waals surface area contributed by atoms with Crippen LogP contribution in [-0.2, 0) is 29.5 Å². The largest absolute Gasteiger partial charge is 0.398 e. The Kier molecular flexibility index (Phi) is 9.85. The van der Waals surface area contributed by atoms with E-state index in [2.05, 4.69) is 60.9 Å². The summed E-state index contributed by atoms with van der Waals surface area (Å²) in [7, 11) is -2.70. The molecule has 8 nitrogen and oxygen atoms in total. The van der Waals surface area contributed by atoms with E-state index in [0.29, 0.717) is 19.0 Å². The highest BCUT2D eigenvalue weighted by molar-refractivity contribution is 8.03. The van der Waals surface area contributed by atoms with Crippen LogP contribution >= 0.6 is 32.6 Å². The molecule has 6 rings (SSSR count). The maximum Gasteiger partial charge on any atom is 0.308 e. The molecule has 1 atom stereocenters. The van der Waals surface area contributed by atoms with Crippen molar-refractivity contribution in [2.45, 2.75) is 53.2 Å². The summed E-state index contributed by atoms with van der Waals surface area (Å²) in [4.78, 5) is 10.3. The highest BCUT2D eigenvalue weighted by Gasteiger charge is 2.31. The average molecular weight is 703 g/mol. The number of likely N-dealkylation sites (tertiary alicyclic amines) is 1. The van der Waals surface area contributed by atoms with Crippen LogP contribution in [0.5, 0.6) is 0 Å². The fraction of sp³-hybridized carbons (Fsp3) is 0.312. The number of hydrogen-bond acceptors (Lipinski definition) is 8. The van der Waals surface area contributed by atoms with Gasteiger partial charge in [-0.05, 0) is 100 Å². The molecular formula is C32H34ClF2N6O2PS2. The molecule has 4 aromatic rings. The number of thioether (sulfide) groups is 1. The van der Waals surface area contributed by atoms with E-state index >= 15 is 0 Å². The molecule has 1 fully saturated rings. The number of nitrogens with one attached hydrogen (secondary N) is 1. The van der Waals surface area contributed by atoms with Crippen molar-refractivity contribution in [3.8, 4) is 11.1 Å². The SMILES string of the molecule is Nc1ccc(S(=O)(=O)Nc2ncnc3c2CCN(C2CCN(Cc4ccccc4-c4ccc(Cl)cc4)CC2)C3)cc1SC(F)(F)P. The highest BCUT2D eigenvalue weighted by atomic mass is 35.5. The van der Waals surface area contributed by atoms with Crippen LogP contribution in [0.2, 0.25) is 5.02 Å². The van der Waals surface area contributed by atoms with E-state index in [9.17, 15) is 17.2 Å². The minimum Gasteiger partial charge on any atom is -0.398 e. The van der Waals surface area contributed by atoms with Gasteiger partial charge in [0, 0.05) is 46.8 Å². The summed E-state index contributed by atoms with van der Waals surface area (Å²) in [5.41, 5.74) is 11.1. The van der Waals surface area contributed by atoms with E-state index in [1.165, 1.54) is 38.8 Å². The van der Waals surface area contributed by atoms with Gasteiger partial charge in [-0.3, -0.25) is 14.5 Å². The lowest BCUT2D eigenvalue weighted by Crippen LogP contribution is -2.46. The third-order valence-electron chi connectivity index (χ3n) is 8.45. The van der Waals surface area contributed by atoms with Gasteiger partial charge in [0.2, 0.25) is 0 Å². The standard InChI is InChI=1S/C32H34ClF2N6O2PS2/c33-23-7-5-21(6-8-23)26-4-2-1-3-22(26)18-40-14-11-24(12-15-40)41-16-13-27-29(19-41)37-20-38-31(27)39-46(42,43)25-9-10-28(36)30(17-25)45-32(34,35)44/h1-10,17,20,24H,11-16,18-19,36,44H2,(H,37,38,39). The van der Waals surface area contributed by atoms with E-state index in [1.54, 1.807) is 0 Å². The van der Waals surface area contributed by atoms with Gasteiger partial charge >= 0.3 is 5.00 Å². The molecule has 3 N–H and O–H groups in total. The molecule has 1 aromatic heterocycles. The zero-order valence-electron chi connectivity index (χ0n) is 24.9. The number of nitrogen functional groups attached to an aromatic ring is 1. The number of alkyl halides is 2. The molecule has 2 aliphatic rings. The fourth-order valence-corrected chi connectivity index (χ4v) is 8.44. The van der Waals surface area contributed by atoms with Crippen LogP contribution in [0.3, 0.4) is 0 Å². The Bertz CT molecular complexity index is 1820. The second kappa shape index (κ2) is 13.7. The first kappa shape index (κ1) is 33.1. The molecule has 242 valence electrons. The van der Waals surface area contributed by atoms with Gasteiger partial charge in [-0.15, -0.1) is 0 Å². The molecule has 0 amide bonds. The Labute approximate surface area is 279 Å². The summed E-state index contributed by atoms with van der Waals surface area (Å²) in [6.45, 7) is 4.18. The minimum absolute atomic E-state index is 0.0277. The topological polar surface area (TPSA) is 104 Å². The molecule has 2 aliphatic heterocycles. The zero-order chi connectivity index (χ0) is 32.5. The van der Waals surface area contributed by atoms with Gasteiger partial charge in [0.1, 0.15) is 12.1 Å². The number of halogens is 3. The third kappa shape index (κ3) is 7.81. The normalized spacial score (nSPS) is 16.7. The van der Waals surface area contributed by atoms with Crippen molar-refractivity contribution in [2.24, 2.45) is 0 Å². The van der Waals surface area contributed by atoms with Crippen LogP contribution in [0.25, 0.3) is 11.1 Å². The first-order valence-corrected chi connectivity index (χ1v) is 18.1. The van der Waals surface area contributed by atoms with E-state index in [4.69, 9.17) is 17.3 Å². The van der Waals surface area contributed by atoms with Crippen molar-refractivity contribution in [1.82, 2.24) is 19.8 Å². The Balaban J connectivity index is 1.09. The number of nitrogens with zero attached hydrogens (tertiary/aromatic N) is 4. The summed E-state index contributed by atoms with van der Waals surface area (Å²) in [6, 6.07) is 20.6. The first-order valence-electron chi connectivity index (χ1n) is 14.9. The molecule has 3 aromatic carbocycles. The lowest BCUT2D eigenvalue weighted by atomic mass is 9.96. The van der Waals surface area contributed by atoms with Crippen LogP contribution in [0.1, 0.15) is 29.7 Å². The molecule has 0 radical (unpaired) electrons. The zero-order valence-corrected chi connectivity index (χ0v) is 28.4. The highest BCUT2D eigenvalue weighted by Crippen LogP contribution is 2.44. The van der Waals surface area contributed by atoms with Gasteiger partial charge in [0.25, 0.3) is 10.0 Å². The monoisotopic (exact) mass is 702 g/mol. The summed E-state index contributed by atoms with van der Waals surface area (Å²) in [6.07, 6.45) is 4.00. The molecule has 3 heterocycles. The van der Waals surface area contributed by atoms with E-state index in [1.807, 2.05) is 12.1 Å². The van der Waals surface area contributed by atoms with Gasteiger partial charge < -0.3 is 5.73 Å². The van der Waals surface area contributed by atoms with Crippen molar-refractivity contribution in [3.05, 3.63) is 94.9 Å². The van der Waals surface area contributed by atoms with E-state index in [-0.39, 0.29) is 33.1 Å². The van der Waals surface area contributed by atoms with Crippen LogP contribution < -0.4 is 10.5 Å². The number of benzene rings is 3. The number of nitrogens with two attached hydrogens (primary N) is 1. The Hall–Kier alpha value is -2.86. The van der Waals surface area contributed by atoms with Crippen LogP contribution in [-0.4, -0.2) is 58.9 Å². The lowest BCUT2D eigenvalue weighted by Gasteiger charge is -2.40. The number of fused-ring (bicyclic) bond motifs is 1. The van der Waals surface area contributed by atoms with Gasteiger partial charge in [-0.1, -0.05) is 48.0 Å². The Morgan fingerprint density at radius 3 is 2.52 bits per heavy atom. The fourth-order valence-electron chi connectivity index (χ4n) is 6.13. The number of anilines is 2. The van der Waals surface area contributed by atoms with Crippen LogP contribution in [0, 0.1) is 0 Å². The molecule has 14 heteroatoms. The van der Waals surface area contributed by atoms with Crippen molar-refractivity contribution in [3.63, 3.8) is 0 Å². The Morgan fingerprint density at radius 1 is 1.04 bits per heavy atom. The summed E-state index contributed by atoms with van der Waals surface area (Å²) in [5.74, 6) is 0.209. The number of hydrogen-bond donors (Lipinski definition) is 2. The molecule has 0 saturated carbocycles. The van der Waals surface area contributed by atoms with Crippen LogP contribution in [0.4, 0.5) is 20.3 Å². The molecule has 0 aliphatic carbocycles. The van der Waals surface area contributed by atoms with Crippen molar-refractivity contribution >= 4 is 54.1 Å². The number of rotatable bonds is 9. The minimum atomic E-state index is -4.12. The molecule has 0 spiro atoms. The molecule has 46 heavy (non-hydrogen) atoms. The molecule has 0 bridgehead atoms. The van der Waals surface area contributed by atoms with Gasteiger partial charge in [0.15, 0.2) is 0 Å². The quantitative estimate of drug-likeness (QED) is 0.113. The summed E-state index contributed by atoms with van der Waals surface area (Å²) in [5, 5.41) is 0.724. The summed E-state index contributed by atoms with van der Waals surface area (Å²) >= 11 is 6.29. The summed E-state index contributed by atoms with van der Waals surface area (Å²) < 4.78 is 56.3. The Morgan fingerprint density at radius 2 is 1.78 bits per heavy atom. The number of aromatic nitrogens is 2. The van der Waals surface area contributed by atoms with Crippen molar-refractivity contribution in [2.75, 3.05) is 30.1 Å². The lowest BCUT2D eigenvalue weighted by molar-refractivity contribution is 0.0937. The number of piperidine rings is 1. The second-order valence-electron chi connectivity index (χ2n) is 11.5. The smallest absolute Gasteiger partial charge is 0.308 e. The third-order valence-corrected chi connectivity index (χ3v) is 11.2. The first-order chi connectivity index (χ1) is 21.9. The van der Waals surface area contributed by atoms with Crippen molar-refractivity contribution < 1.29 is 17.2 Å². The van der Waals surface area contributed by atoms with Gasteiger partial charge in [0.05, 0.1) is 10.6 Å². The molecule has 1 unspecified atom stereocenters. The predicted octanol–water partition coefficient (Wildman–Crippen LogP) is 6.72. The predicted molar refractivity (Wildman–Crippen MR) is 184 cm³/mol. The second-order valence-corrected chi connectivity index (χ2v) is 16.0. The van der Waals surface area contributed by atoms with E-state index < -0.39 is 15.0 Å².